The molecule has 0 unspecified atom stereocenters. The van der Waals surface area contributed by atoms with E-state index in [9.17, 15) is 14.4 Å². The monoisotopic (exact) mass is 478 g/mol. The number of carbonyl (C=O) groups is 3. The van der Waals surface area contributed by atoms with Crippen molar-refractivity contribution < 1.29 is 14.4 Å². The first-order valence-corrected chi connectivity index (χ1v) is 13.7. The summed E-state index contributed by atoms with van der Waals surface area (Å²) in [5, 5.41) is 15.1. The second-order valence-electron chi connectivity index (χ2n) is 10.2. The van der Waals surface area contributed by atoms with Crippen molar-refractivity contribution in [2.45, 2.75) is 114 Å². The lowest BCUT2D eigenvalue weighted by atomic mass is 9.96. The Kier molecular flexibility index (Phi) is 11.6. The van der Waals surface area contributed by atoms with Crippen molar-refractivity contribution in [2.24, 2.45) is 0 Å². The lowest BCUT2D eigenvalue weighted by molar-refractivity contribution is 0.188. The highest BCUT2D eigenvalue weighted by molar-refractivity contribution is 5.76. The topological polar surface area (TPSA) is 115 Å². The largest absolute Gasteiger partial charge is 0.336 e. The maximum Gasteiger partial charge on any atom is 0.317 e. The van der Waals surface area contributed by atoms with Gasteiger partial charge in [-0.15, -0.1) is 0 Å². The molecule has 194 valence electrons. The minimum absolute atomic E-state index is 0.115. The van der Waals surface area contributed by atoms with Crippen LogP contribution in [0.2, 0.25) is 0 Å². The van der Waals surface area contributed by atoms with Crippen LogP contribution >= 0.6 is 0 Å². The first kappa shape index (κ1) is 26.4. The van der Waals surface area contributed by atoms with Gasteiger partial charge in [-0.25, -0.2) is 14.4 Å². The van der Waals surface area contributed by atoms with Crippen molar-refractivity contribution in [1.29, 1.82) is 0 Å². The van der Waals surface area contributed by atoms with Crippen molar-refractivity contribution in [3.63, 3.8) is 0 Å². The Labute approximate surface area is 204 Å². The molecule has 3 aliphatic rings. The number of hydrogen-bond acceptors (Lipinski definition) is 3. The van der Waals surface area contributed by atoms with Gasteiger partial charge in [-0.2, -0.15) is 0 Å². The molecule has 0 heterocycles. The fourth-order valence-corrected chi connectivity index (χ4v) is 5.40. The number of amides is 6. The van der Waals surface area contributed by atoms with Crippen molar-refractivity contribution >= 4 is 18.1 Å². The Morgan fingerprint density at radius 2 is 0.882 bits per heavy atom. The lowest BCUT2D eigenvalue weighted by Gasteiger charge is -2.29. The van der Waals surface area contributed by atoms with Crippen LogP contribution in [0.15, 0.2) is 0 Å². The average molecular weight is 479 g/mol. The van der Waals surface area contributed by atoms with Gasteiger partial charge in [0.15, 0.2) is 0 Å². The molecule has 0 aromatic rings. The molecule has 0 saturated heterocycles. The van der Waals surface area contributed by atoms with Crippen LogP contribution in [-0.4, -0.2) is 67.3 Å². The quantitative estimate of drug-likeness (QED) is 0.349. The van der Waals surface area contributed by atoms with Gasteiger partial charge in [-0.3, -0.25) is 0 Å². The van der Waals surface area contributed by atoms with Gasteiger partial charge in [0.1, 0.15) is 0 Å². The van der Waals surface area contributed by atoms with Crippen LogP contribution in [0, 0.1) is 0 Å². The minimum atomic E-state index is -0.162. The van der Waals surface area contributed by atoms with Crippen LogP contribution in [0.25, 0.3) is 0 Å². The number of urea groups is 3. The number of rotatable bonds is 9. The Morgan fingerprint density at radius 3 is 1.26 bits per heavy atom. The maximum absolute atomic E-state index is 13.0. The van der Waals surface area contributed by atoms with Crippen LogP contribution in [0.4, 0.5) is 14.4 Å². The number of nitrogens with zero attached hydrogens (tertiary/aromatic N) is 1. The van der Waals surface area contributed by atoms with E-state index in [1.165, 1.54) is 44.9 Å². The molecule has 6 amide bonds. The van der Waals surface area contributed by atoms with Crippen molar-refractivity contribution in [3.8, 4) is 0 Å². The van der Waals surface area contributed by atoms with Gasteiger partial charge < -0.3 is 31.5 Å². The third-order valence-corrected chi connectivity index (χ3v) is 7.44. The van der Waals surface area contributed by atoms with Gasteiger partial charge >= 0.3 is 18.1 Å². The zero-order valence-corrected chi connectivity index (χ0v) is 20.8. The number of nitrogens with one attached hydrogen (secondary N) is 5. The van der Waals surface area contributed by atoms with Gasteiger partial charge in [0.2, 0.25) is 0 Å². The van der Waals surface area contributed by atoms with Gasteiger partial charge in [0.25, 0.3) is 0 Å². The van der Waals surface area contributed by atoms with Gasteiger partial charge in [0.05, 0.1) is 0 Å². The molecule has 0 spiro atoms. The number of hydrogen-bond donors (Lipinski definition) is 5. The fourth-order valence-electron chi connectivity index (χ4n) is 5.40. The predicted molar refractivity (Wildman–Crippen MR) is 134 cm³/mol. The van der Waals surface area contributed by atoms with E-state index in [-0.39, 0.29) is 36.2 Å². The smallest absolute Gasteiger partial charge is 0.317 e. The molecule has 0 radical (unpaired) electrons. The Bertz CT molecular complexity index is 590. The Hall–Kier alpha value is -2.19. The average Bonchev–Trinajstić information content (AvgIpc) is 2.85. The van der Waals surface area contributed by atoms with Gasteiger partial charge in [-0.05, 0) is 38.5 Å². The van der Waals surface area contributed by atoms with Crippen molar-refractivity contribution in [2.75, 3.05) is 26.2 Å². The van der Waals surface area contributed by atoms with E-state index in [2.05, 4.69) is 26.6 Å². The summed E-state index contributed by atoms with van der Waals surface area (Å²) in [6.07, 6.45) is 16.9. The molecule has 0 bridgehead atoms. The second kappa shape index (κ2) is 14.9. The predicted octanol–water partition coefficient (Wildman–Crippen LogP) is 3.59. The maximum atomic E-state index is 13.0. The first-order chi connectivity index (χ1) is 16.6. The summed E-state index contributed by atoms with van der Waals surface area (Å²) in [5.41, 5.74) is 0. The van der Waals surface area contributed by atoms with E-state index in [1.807, 2.05) is 0 Å². The summed E-state index contributed by atoms with van der Waals surface area (Å²) in [6.45, 7) is 1.57. The van der Waals surface area contributed by atoms with Gasteiger partial charge in [0, 0.05) is 44.3 Å². The molecule has 9 nitrogen and oxygen atoms in total. The van der Waals surface area contributed by atoms with E-state index in [0.717, 1.165) is 51.4 Å². The zero-order valence-electron chi connectivity index (χ0n) is 20.8. The standard InChI is InChI=1S/C25H46N6O3/c32-23(28-20-10-4-1-5-11-20)26-16-18-31(25(34)30-22-14-8-3-9-15-22)19-17-27-24(33)29-21-12-6-2-7-13-21/h20-22H,1-19H2,(H,30,34)(H2,26,28,32)(H2,27,29,33). The third-order valence-electron chi connectivity index (χ3n) is 7.44. The van der Waals surface area contributed by atoms with Crippen molar-refractivity contribution in [1.82, 2.24) is 31.5 Å². The molecule has 0 aromatic heterocycles. The van der Waals surface area contributed by atoms with Crippen molar-refractivity contribution in [3.05, 3.63) is 0 Å². The Balaban J connectivity index is 1.40. The summed E-state index contributed by atoms with van der Waals surface area (Å²) in [6, 6.07) is 0.288. The molecule has 3 fully saturated rings. The molecular formula is C25H46N6O3. The summed E-state index contributed by atoms with van der Waals surface area (Å²) in [4.78, 5) is 39.2. The fraction of sp³-hybridized carbons (Fsp3) is 0.880. The van der Waals surface area contributed by atoms with E-state index in [1.54, 1.807) is 4.90 Å². The van der Waals surface area contributed by atoms with E-state index < -0.39 is 0 Å². The second-order valence-corrected chi connectivity index (χ2v) is 10.2. The van der Waals surface area contributed by atoms with E-state index >= 15 is 0 Å². The lowest BCUT2D eigenvalue weighted by Crippen LogP contribution is -2.52. The number of carbonyl (C=O) groups excluding carboxylic acids is 3. The molecule has 0 aromatic carbocycles. The molecule has 9 heteroatoms. The molecule has 3 saturated carbocycles. The van der Waals surface area contributed by atoms with Crippen LogP contribution in [0.3, 0.4) is 0 Å². The SMILES string of the molecule is O=C(NCCN(CCNC(=O)NC1CCCCC1)C(=O)NC1CCCCC1)NC1CCCCC1. The van der Waals surface area contributed by atoms with E-state index in [0.29, 0.717) is 26.2 Å². The molecule has 0 aliphatic heterocycles. The van der Waals surface area contributed by atoms with Gasteiger partial charge in [-0.1, -0.05) is 57.8 Å². The molecule has 3 aliphatic carbocycles. The molecule has 0 atom stereocenters. The summed E-state index contributed by atoms with van der Waals surface area (Å²) >= 11 is 0. The first-order valence-electron chi connectivity index (χ1n) is 13.7. The summed E-state index contributed by atoms with van der Waals surface area (Å²) < 4.78 is 0. The minimum Gasteiger partial charge on any atom is -0.336 e. The van der Waals surface area contributed by atoms with E-state index in [4.69, 9.17) is 0 Å². The summed E-state index contributed by atoms with van der Waals surface area (Å²) in [5.74, 6) is 0. The molecule has 3 rings (SSSR count). The van der Waals surface area contributed by atoms with Crippen LogP contribution in [0.1, 0.15) is 96.3 Å². The normalized spacial score (nSPS) is 20.2. The zero-order chi connectivity index (χ0) is 24.0. The van der Waals surface area contributed by atoms with Crippen LogP contribution in [-0.2, 0) is 0 Å². The molecule has 5 N–H and O–H groups in total. The van der Waals surface area contributed by atoms with Crippen LogP contribution < -0.4 is 26.6 Å². The highest BCUT2D eigenvalue weighted by atomic mass is 16.2. The molecular weight excluding hydrogens is 432 g/mol. The molecule has 34 heavy (non-hydrogen) atoms. The van der Waals surface area contributed by atoms with Crippen LogP contribution in [0.5, 0.6) is 0 Å². The summed E-state index contributed by atoms with van der Waals surface area (Å²) in [7, 11) is 0. The highest BCUT2D eigenvalue weighted by Crippen LogP contribution is 2.19. The third kappa shape index (κ3) is 9.97. The highest BCUT2D eigenvalue weighted by Gasteiger charge is 2.21. The Morgan fingerprint density at radius 1 is 0.529 bits per heavy atom.